The van der Waals surface area contributed by atoms with Gasteiger partial charge in [-0.1, -0.05) is 54.1 Å². The maximum atomic E-state index is 6.26. The first kappa shape index (κ1) is 14.8. The van der Waals surface area contributed by atoms with Crippen LogP contribution in [0.4, 0.5) is 0 Å². The van der Waals surface area contributed by atoms with Crippen LogP contribution in [0.1, 0.15) is 17.2 Å². The molecule has 0 saturated carbocycles. The van der Waals surface area contributed by atoms with Crippen LogP contribution in [0.15, 0.2) is 60.7 Å². The van der Waals surface area contributed by atoms with E-state index in [0.29, 0.717) is 0 Å². The lowest BCUT2D eigenvalue weighted by atomic mass is 9.96. The molecule has 0 saturated heterocycles. The molecule has 3 aromatic carbocycles. The van der Waals surface area contributed by atoms with E-state index in [1.165, 1.54) is 21.9 Å². The van der Waals surface area contributed by atoms with Crippen molar-refractivity contribution in [3.63, 3.8) is 0 Å². The lowest BCUT2D eigenvalue weighted by Crippen LogP contribution is -2.17. The van der Waals surface area contributed by atoms with Crippen molar-refractivity contribution < 1.29 is 0 Å². The standard InChI is InChI=1S/C18H15ClIN/c1-21-18(15-8-9-17(20)16(19)11-15)14-7-6-12-4-2-3-5-13(12)10-14/h2-11,18,21H,1H3. The Morgan fingerprint density at radius 3 is 2.29 bits per heavy atom. The van der Waals surface area contributed by atoms with Crippen LogP contribution in [-0.2, 0) is 0 Å². The van der Waals surface area contributed by atoms with E-state index in [9.17, 15) is 0 Å². The highest BCUT2D eigenvalue weighted by Crippen LogP contribution is 2.28. The molecular weight excluding hydrogens is 393 g/mol. The topological polar surface area (TPSA) is 12.0 Å². The molecule has 0 bridgehead atoms. The van der Waals surface area contributed by atoms with E-state index in [-0.39, 0.29) is 6.04 Å². The summed E-state index contributed by atoms with van der Waals surface area (Å²) in [6.45, 7) is 0. The van der Waals surface area contributed by atoms with E-state index >= 15 is 0 Å². The second-order valence-corrected chi connectivity index (χ2v) is 6.57. The van der Waals surface area contributed by atoms with Crippen molar-refractivity contribution in [1.82, 2.24) is 5.32 Å². The van der Waals surface area contributed by atoms with Crippen molar-refractivity contribution in [2.75, 3.05) is 7.05 Å². The molecular formula is C18H15ClIN. The minimum Gasteiger partial charge on any atom is -0.309 e. The second-order valence-electron chi connectivity index (χ2n) is 5.00. The van der Waals surface area contributed by atoms with Gasteiger partial charge < -0.3 is 5.32 Å². The molecule has 106 valence electrons. The van der Waals surface area contributed by atoms with Crippen molar-refractivity contribution in [2.45, 2.75) is 6.04 Å². The molecule has 1 nitrogen and oxygen atoms in total. The zero-order valence-electron chi connectivity index (χ0n) is 11.6. The quantitative estimate of drug-likeness (QED) is 0.573. The minimum absolute atomic E-state index is 0.143. The predicted octanol–water partition coefficient (Wildman–Crippen LogP) is 5.41. The minimum atomic E-state index is 0.143. The third-order valence-corrected chi connectivity index (χ3v) is 5.24. The molecule has 0 aliphatic carbocycles. The summed E-state index contributed by atoms with van der Waals surface area (Å²) >= 11 is 8.51. The normalized spacial score (nSPS) is 12.5. The molecule has 1 atom stereocenters. The number of nitrogens with one attached hydrogen (secondary N) is 1. The fraction of sp³-hybridized carbons (Fsp3) is 0.111. The van der Waals surface area contributed by atoms with Gasteiger partial charge in [0.2, 0.25) is 0 Å². The maximum absolute atomic E-state index is 6.26. The summed E-state index contributed by atoms with van der Waals surface area (Å²) in [5.74, 6) is 0. The number of hydrogen-bond acceptors (Lipinski definition) is 1. The Hall–Kier alpha value is -1.10. The predicted molar refractivity (Wildman–Crippen MR) is 99.0 cm³/mol. The van der Waals surface area contributed by atoms with Crippen LogP contribution in [0.5, 0.6) is 0 Å². The van der Waals surface area contributed by atoms with E-state index in [4.69, 9.17) is 11.6 Å². The molecule has 3 heteroatoms. The Balaban J connectivity index is 2.06. The van der Waals surface area contributed by atoms with E-state index in [1.807, 2.05) is 13.1 Å². The number of rotatable bonds is 3. The molecule has 0 aliphatic rings. The summed E-state index contributed by atoms with van der Waals surface area (Å²) in [4.78, 5) is 0. The van der Waals surface area contributed by atoms with E-state index < -0.39 is 0 Å². The smallest absolute Gasteiger partial charge is 0.0575 e. The lowest BCUT2D eigenvalue weighted by molar-refractivity contribution is 0.692. The number of benzene rings is 3. The molecule has 3 aromatic rings. The van der Waals surface area contributed by atoms with Gasteiger partial charge in [-0.25, -0.2) is 0 Å². The van der Waals surface area contributed by atoms with Crippen LogP contribution in [0.3, 0.4) is 0 Å². The Labute approximate surface area is 143 Å². The van der Waals surface area contributed by atoms with E-state index in [1.54, 1.807) is 0 Å². The van der Waals surface area contributed by atoms with Crippen LogP contribution >= 0.6 is 34.2 Å². The zero-order chi connectivity index (χ0) is 14.8. The van der Waals surface area contributed by atoms with Crippen LogP contribution in [0.25, 0.3) is 10.8 Å². The van der Waals surface area contributed by atoms with Gasteiger partial charge in [-0.2, -0.15) is 0 Å². The van der Waals surface area contributed by atoms with E-state index in [2.05, 4.69) is 82.5 Å². The average Bonchev–Trinajstić information content (AvgIpc) is 2.51. The first-order valence-corrected chi connectivity index (χ1v) is 8.25. The Morgan fingerprint density at radius 2 is 1.57 bits per heavy atom. The third-order valence-electron chi connectivity index (χ3n) is 3.67. The number of fused-ring (bicyclic) bond motifs is 1. The largest absolute Gasteiger partial charge is 0.309 e. The van der Waals surface area contributed by atoms with E-state index in [0.717, 1.165) is 8.59 Å². The summed E-state index contributed by atoms with van der Waals surface area (Å²) in [5, 5.41) is 6.70. The Kier molecular flexibility index (Phi) is 4.48. The van der Waals surface area contributed by atoms with Crippen molar-refractivity contribution in [3.05, 3.63) is 80.4 Å². The zero-order valence-corrected chi connectivity index (χ0v) is 14.5. The molecule has 0 aliphatic heterocycles. The molecule has 0 radical (unpaired) electrons. The van der Waals surface area contributed by atoms with Crippen molar-refractivity contribution in [3.8, 4) is 0 Å². The molecule has 0 spiro atoms. The molecule has 1 N–H and O–H groups in total. The van der Waals surface area contributed by atoms with Gasteiger partial charge in [-0.05, 0) is 69.7 Å². The van der Waals surface area contributed by atoms with Gasteiger partial charge in [0.15, 0.2) is 0 Å². The third kappa shape index (κ3) is 3.07. The average molecular weight is 408 g/mol. The summed E-state index contributed by atoms with van der Waals surface area (Å²) in [6.07, 6.45) is 0. The van der Waals surface area contributed by atoms with Crippen molar-refractivity contribution >= 4 is 45.0 Å². The molecule has 1 unspecified atom stereocenters. The summed E-state index contributed by atoms with van der Waals surface area (Å²) in [6, 6.07) is 21.4. The summed E-state index contributed by atoms with van der Waals surface area (Å²) < 4.78 is 1.08. The Bertz CT molecular complexity index is 785. The lowest BCUT2D eigenvalue weighted by Gasteiger charge is -2.18. The fourth-order valence-corrected chi connectivity index (χ4v) is 3.13. The van der Waals surface area contributed by atoms with Gasteiger partial charge in [-0.3, -0.25) is 0 Å². The van der Waals surface area contributed by atoms with Crippen molar-refractivity contribution in [1.29, 1.82) is 0 Å². The number of halogens is 2. The van der Waals surface area contributed by atoms with Gasteiger partial charge in [0, 0.05) is 3.57 Å². The number of hydrogen-bond donors (Lipinski definition) is 1. The molecule has 0 aromatic heterocycles. The highest BCUT2D eigenvalue weighted by atomic mass is 127. The molecule has 0 fully saturated rings. The first-order valence-electron chi connectivity index (χ1n) is 6.80. The van der Waals surface area contributed by atoms with Crippen LogP contribution < -0.4 is 5.32 Å². The fourth-order valence-electron chi connectivity index (χ4n) is 2.61. The highest BCUT2D eigenvalue weighted by molar-refractivity contribution is 14.1. The van der Waals surface area contributed by atoms with Gasteiger partial charge in [0.1, 0.15) is 0 Å². The van der Waals surface area contributed by atoms with Crippen LogP contribution in [0.2, 0.25) is 5.02 Å². The molecule has 0 heterocycles. The van der Waals surface area contributed by atoms with Crippen molar-refractivity contribution in [2.24, 2.45) is 0 Å². The second kappa shape index (κ2) is 6.34. The maximum Gasteiger partial charge on any atom is 0.0575 e. The van der Waals surface area contributed by atoms with Gasteiger partial charge in [0.05, 0.1) is 11.1 Å². The Morgan fingerprint density at radius 1 is 0.905 bits per heavy atom. The van der Waals surface area contributed by atoms with Crippen LogP contribution in [0, 0.1) is 3.57 Å². The monoisotopic (exact) mass is 407 g/mol. The molecule has 0 amide bonds. The summed E-state index contributed by atoms with van der Waals surface area (Å²) in [7, 11) is 1.98. The SMILES string of the molecule is CNC(c1ccc(I)c(Cl)c1)c1ccc2ccccc2c1. The molecule has 21 heavy (non-hydrogen) atoms. The molecule has 3 rings (SSSR count). The van der Waals surface area contributed by atoms with Gasteiger partial charge in [-0.15, -0.1) is 0 Å². The van der Waals surface area contributed by atoms with Crippen LogP contribution in [-0.4, -0.2) is 7.05 Å². The van der Waals surface area contributed by atoms with Gasteiger partial charge >= 0.3 is 0 Å². The highest BCUT2D eigenvalue weighted by Gasteiger charge is 2.13. The van der Waals surface area contributed by atoms with Gasteiger partial charge in [0.25, 0.3) is 0 Å². The first-order chi connectivity index (χ1) is 10.2. The summed E-state index contributed by atoms with van der Waals surface area (Å²) in [5.41, 5.74) is 2.42.